The molecule has 0 bridgehead atoms. The van der Waals surface area contributed by atoms with Crippen LogP contribution in [-0.2, 0) is 0 Å². The Morgan fingerprint density at radius 2 is 1.93 bits per heavy atom. The highest BCUT2D eigenvalue weighted by Crippen LogP contribution is 2.26. The topological polar surface area (TPSA) is 81.9 Å². The minimum atomic E-state index is -0.253. The molecule has 1 amide bonds. The van der Waals surface area contributed by atoms with Crippen LogP contribution in [0.1, 0.15) is 23.8 Å². The summed E-state index contributed by atoms with van der Waals surface area (Å²) in [5.74, 6) is 0.578. The zero-order chi connectivity index (χ0) is 20.1. The fraction of sp³-hybridized carbons (Fsp3) is 0.143. The predicted molar refractivity (Wildman–Crippen MR) is 113 cm³/mol. The first kappa shape index (κ1) is 18.8. The second kappa shape index (κ2) is 8.66. The Bertz CT molecular complexity index is 1090. The molecule has 29 heavy (non-hydrogen) atoms. The fourth-order valence-corrected chi connectivity index (χ4v) is 3.50. The largest absolute Gasteiger partial charge is 0.494 e. The number of carbonyl (C=O) groups is 1. The summed E-state index contributed by atoms with van der Waals surface area (Å²) in [7, 11) is 0. The molecule has 0 radical (unpaired) electrons. The number of hydrogen-bond acceptors (Lipinski definition) is 6. The smallest absolute Gasteiger partial charge is 0.275 e. The van der Waals surface area contributed by atoms with Crippen molar-refractivity contribution in [3.8, 4) is 22.0 Å². The van der Waals surface area contributed by atoms with Gasteiger partial charge in [-0.15, -0.1) is 21.5 Å². The number of aromatic nitrogens is 4. The monoisotopic (exact) mass is 405 g/mol. The number of rotatable bonds is 7. The number of ether oxygens (including phenoxy) is 1. The first-order valence-corrected chi connectivity index (χ1v) is 10.1. The summed E-state index contributed by atoms with van der Waals surface area (Å²) in [4.78, 5) is 17.1. The van der Waals surface area contributed by atoms with E-state index in [1.54, 1.807) is 22.6 Å². The molecule has 0 aliphatic heterocycles. The van der Waals surface area contributed by atoms with Crippen molar-refractivity contribution in [2.45, 2.75) is 13.3 Å². The average Bonchev–Trinajstić information content (AvgIpc) is 3.45. The molecule has 4 aromatic rings. The summed E-state index contributed by atoms with van der Waals surface area (Å²) in [6.45, 7) is 2.77. The Hall–Kier alpha value is -3.52. The summed E-state index contributed by atoms with van der Waals surface area (Å²) in [6, 6.07) is 15.2. The number of anilines is 1. The van der Waals surface area contributed by atoms with E-state index in [1.165, 1.54) is 11.3 Å². The Morgan fingerprint density at radius 3 is 2.69 bits per heavy atom. The van der Waals surface area contributed by atoms with Crippen LogP contribution in [0.5, 0.6) is 5.75 Å². The third kappa shape index (κ3) is 4.49. The second-order valence-corrected chi connectivity index (χ2v) is 7.14. The molecule has 146 valence electrons. The summed E-state index contributed by atoms with van der Waals surface area (Å²) in [6.07, 6.45) is 4.17. The molecule has 0 spiro atoms. The molecule has 8 heteroatoms. The Morgan fingerprint density at radius 1 is 1.14 bits per heavy atom. The Balaban J connectivity index is 1.45. The van der Waals surface area contributed by atoms with Gasteiger partial charge in [-0.3, -0.25) is 9.36 Å². The van der Waals surface area contributed by atoms with Crippen LogP contribution < -0.4 is 10.1 Å². The van der Waals surface area contributed by atoms with Gasteiger partial charge < -0.3 is 10.1 Å². The van der Waals surface area contributed by atoms with E-state index in [1.807, 2.05) is 48.5 Å². The SMILES string of the molecule is CCCOc1ccc(-c2nc(C(=O)Nc3cccc(-n4cnnc4)c3)cs2)cc1. The van der Waals surface area contributed by atoms with Crippen molar-refractivity contribution in [1.29, 1.82) is 0 Å². The van der Waals surface area contributed by atoms with E-state index in [0.29, 0.717) is 18.0 Å². The van der Waals surface area contributed by atoms with Crippen molar-refractivity contribution in [1.82, 2.24) is 19.7 Å². The third-order valence-electron chi connectivity index (χ3n) is 4.13. The summed E-state index contributed by atoms with van der Waals surface area (Å²) < 4.78 is 7.37. The molecule has 2 aromatic carbocycles. The lowest BCUT2D eigenvalue weighted by molar-refractivity contribution is 0.102. The van der Waals surface area contributed by atoms with Crippen LogP contribution in [0.2, 0.25) is 0 Å². The van der Waals surface area contributed by atoms with Crippen molar-refractivity contribution >= 4 is 22.9 Å². The molecular weight excluding hydrogens is 386 g/mol. The van der Waals surface area contributed by atoms with Gasteiger partial charge in [-0.2, -0.15) is 0 Å². The summed E-state index contributed by atoms with van der Waals surface area (Å²) in [5, 5.41) is 13.0. The molecule has 0 aliphatic carbocycles. The minimum absolute atomic E-state index is 0.253. The van der Waals surface area contributed by atoms with E-state index in [9.17, 15) is 4.79 Å². The van der Waals surface area contributed by atoms with Crippen molar-refractivity contribution in [3.05, 3.63) is 72.3 Å². The lowest BCUT2D eigenvalue weighted by Crippen LogP contribution is -2.12. The molecule has 0 fully saturated rings. The van der Waals surface area contributed by atoms with Crippen molar-refractivity contribution in [2.75, 3.05) is 11.9 Å². The molecule has 2 aromatic heterocycles. The maximum Gasteiger partial charge on any atom is 0.275 e. The fourth-order valence-electron chi connectivity index (χ4n) is 2.70. The molecule has 7 nitrogen and oxygen atoms in total. The standard InChI is InChI=1S/C21H19N5O2S/c1-2-10-28-18-8-6-15(7-9-18)21-25-19(12-29-21)20(27)24-16-4-3-5-17(11-16)26-13-22-23-14-26/h3-9,11-14H,2,10H2,1H3,(H,24,27). The number of hydrogen-bond donors (Lipinski definition) is 1. The number of carbonyl (C=O) groups excluding carboxylic acids is 1. The van der Waals surface area contributed by atoms with Gasteiger partial charge in [0.2, 0.25) is 0 Å². The summed E-state index contributed by atoms with van der Waals surface area (Å²) in [5.41, 5.74) is 2.86. The van der Waals surface area contributed by atoms with Gasteiger partial charge in [-0.05, 0) is 48.9 Å². The maximum atomic E-state index is 12.6. The first-order chi connectivity index (χ1) is 14.2. The molecule has 0 saturated carbocycles. The highest BCUT2D eigenvalue weighted by atomic mass is 32.1. The minimum Gasteiger partial charge on any atom is -0.494 e. The molecular formula is C21H19N5O2S. The van der Waals surface area contributed by atoms with Gasteiger partial charge in [-0.1, -0.05) is 13.0 Å². The van der Waals surface area contributed by atoms with Gasteiger partial charge in [0.15, 0.2) is 0 Å². The van der Waals surface area contributed by atoms with E-state index in [2.05, 4.69) is 27.4 Å². The first-order valence-electron chi connectivity index (χ1n) is 9.18. The summed E-state index contributed by atoms with van der Waals surface area (Å²) >= 11 is 1.43. The lowest BCUT2D eigenvalue weighted by atomic mass is 10.2. The normalized spacial score (nSPS) is 10.7. The van der Waals surface area contributed by atoms with Crippen LogP contribution in [-0.4, -0.2) is 32.3 Å². The third-order valence-corrected chi connectivity index (χ3v) is 5.02. The van der Waals surface area contributed by atoms with Gasteiger partial charge in [0.1, 0.15) is 29.1 Å². The number of amides is 1. The Labute approximate surface area is 172 Å². The lowest BCUT2D eigenvalue weighted by Gasteiger charge is -2.06. The van der Waals surface area contributed by atoms with Crippen molar-refractivity contribution < 1.29 is 9.53 Å². The molecule has 0 saturated heterocycles. The quantitative estimate of drug-likeness (QED) is 0.492. The zero-order valence-corrected chi connectivity index (χ0v) is 16.6. The van der Waals surface area contributed by atoms with Crippen LogP contribution in [0.4, 0.5) is 5.69 Å². The van der Waals surface area contributed by atoms with Crippen molar-refractivity contribution in [2.24, 2.45) is 0 Å². The second-order valence-electron chi connectivity index (χ2n) is 6.28. The van der Waals surface area contributed by atoms with Crippen LogP contribution in [0.25, 0.3) is 16.3 Å². The van der Waals surface area contributed by atoms with E-state index in [0.717, 1.165) is 28.4 Å². The Kier molecular flexibility index (Phi) is 5.62. The van der Waals surface area contributed by atoms with Gasteiger partial charge in [-0.25, -0.2) is 4.98 Å². The van der Waals surface area contributed by atoms with Crippen LogP contribution in [0.15, 0.2) is 66.6 Å². The molecule has 0 unspecified atom stereocenters. The highest BCUT2D eigenvalue weighted by molar-refractivity contribution is 7.13. The van der Waals surface area contributed by atoms with Gasteiger partial charge in [0.05, 0.1) is 12.3 Å². The molecule has 1 N–H and O–H groups in total. The predicted octanol–water partition coefficient (Wildman–Crippen LogP) is 4.43. The van der Waals surface area contributed by atoms with E-state index < -0.39 is 0 Å². The zero-order valence-electron chi connectivity index (χ0n) is 15.8. The average molecular weight is 405 g/mol. The maximum absolute atomic E-state index is 12.6. The molecule has 0 aliphatic rings. The van der Waals surface area contributed by atoms with E-state index in [-0.39, 0.29) is 5.91 Å². The van der Waals surface area contributed by atoms with Gasteiger partial charge in [0.25, 0.3) is 5.91 Å². The molecule has 0 atom stereocenters. The van der Waals surface area contributed by atoms with E-state index >= 15 is 0 Å². The number of nitrogens with zero attached hydrogens (tertiary/aromatic N) is 4. The van der Waals surface area contributed by atoms with Crippen LogP contribution in [0, 0.1) is 0 Å². The number of thiazole rings is 1. The molecule has 4 rings (SSSR count). The van der Waals surface area contributed by atoms with Crippen LogP contribution >= 0.6 is 11.3 Å². The van der Waals surface area contributed by atoms with Gasteiger partial charge in [0, 0.05) is 16.6 Å². The van der Waals surface area contributed by atoms with Crippen LogP contribution in [0.3, 0.4) is 0 Å². The van der Waals surface area contributed by atoms with Gasteiger partial charge >= 0.3 is 0 Å². The van der Waals surface area contributed by atoms with E-state index in [4.69, 9.17) is 4.74 Å². The highest BCUT2D eigenvalue weighted by Gasteiger charge is 2.13. The number of benzene rings is 2. The number of nitrogens with one attached hydrogen (secondary N) is 1. The van der Waals surface area contributed by atoms with Crippen molar-refractivity contribution in [3.63, 3.8) is 0 Å². The molecule has 2 heterocycles.